The third-order valence-electron chi connectivity index (χ3n) is 3.96. The van der Waals surface area contributed by atoms with Gasteiger partial charge in [-0.2, -0.15) is 5.10 Å². The first-order chi connectivity index (χ1) is 10.7. The molecule has 2 aromatic carbocycles. The van der Waals surface area contributed by atoms with Crippen LogP contribution in [0, 0.1) is 0 Å². The van der Waals surface area contributed by atoms with Gasteiger partial charge < -0.3 is 4.90 Å². The van der Waals surface area contributed by atoms with Gasteiger partial charge in [0.1, 0.15) is 0 Å². The number of hydrogen-bond acceptors (Lipinski definition) is 2. The van der Waals surface area contributed by atoms with Gasteiger partial charge in [-0.25, -0.2) is 0 Å². The molecule has 112 valence electrons. The Morgan fingerprint density at radius 3 is 2.68 bits per heavy atom. The monoisotopic (exact) mass is 293 g/mol. The van der Waals surface area contributed by atoms with Crippen molar-refractivity contribution in [1.29, 1.82) is 0 Å². The van der Waals surface area contributed by atoms with E-state index in [0.717, 1.165) is 40.7 Å². The Labute approximate surface area is 129 Å². The molecule has 0 aliphatic heterocycles. The molecule has 1 N–H and O–H groups in total. The van der Waals surface area contributed by atoms with Crippen LogP contribution in [-0.2, 0) is 0 Å². The summed E-state index contributed by atoms with van der Waals surface area (Å²) in [6.45, 7) is 5.43. The van der Waals surface area contributed by atoms with E-state index in [1.165, 1.54) is 0 Å². The lowest BCUT2D eigenvalue weighted by molar-refractivity contribution is 0.0773. The molecule has 1 heterocycles. The smallest absolute Gasteiger partial charge is 0.253 e. The molecular weight excluding hydrogens is 274 g/mol. The van der Waals surface area contributed by atoms with Crippen molar-refractivity contribution in [2.45, 2.75) is 13.8 Å². The topological polar surface area (TPSA) is 49.0 Å². The number of hydrogen-bond donors (Lipinski definition) is 1. The van der Waals surface area contributed by atoms with Crippen molar-refractivity contribution in [2.24, 2.45) is 0 Å². The van der Waals surface area contributed by atoms with Crippen LogP contribution in [0.5, 0.6) is 0 Å². The Morgan fingerprint density at radius 2 is 1.91 bits per heavy atom. The predicted molar refractivity (Wildman–Crippen MR) is 88.8 cm³/mol. The van der Waals surface area contributed by atoms with Gasteiger partial charge in [0.2, 0.25) is 0 Å². The fourth-order valence-corrected chi connectivity index (χ4v) is 2.73. The highest BCUT2D eigenvalue weighted by Gasteiger charge is 2.13. The number of rotatable bonds is 4. The van der Waals surface area contributed by atoms with E-state index < -0.39 is 0 Å². The molecule has 3 rings (SSSR count). The van der Waals surface area contributed by atoms with Gasteiger partial charge in [-0.05, 0) is 43.2 Å². The van der Waals surface area contributed by atoms with Gasteiger partial charge in [0, 0.05) is 24.0 Å². The molecule has 1 amide bonds. The number of nitrogens with one attached hydrogen (secondary N) is 1. The van der Waals surface area contributed by atoms with Crippen molar-refractivity contribution in [2.75, 3.05) is 13.1 Å². The molecule has 0 saturated heterocycles. The number of aromatic nitrogens is 2. The van der Waals surface area contributed by atoms with E-state index in [4.69, 9.17) is 0 Å². The summed E-state index contributed by atoms with van der Waals surface area (Å²) < 4.78 is 0. The molecule has 0 aliphatic carbocycles. The van der Waals surface area contributed by atoms with Crippen LogP contribution in [0.2, 0.25) is 0 Å². The van der Waals surface area contributed by atoms with E-state index in [2.05, 4.69) is 16.3 Å². The van der Waals surface area contributed by atoms with Gasteiger partial charge in [0.05, 0.1) is 11.7 Å². The molecule has 0 saturated carbocycles. The minimum absolute atomic E-state index is 0.0752. The quantitative estimate of drug-likeness (QED) is 0.797. The highest BCUT2D eigenvalue weighted by molar-refractivity contribution is 5.98. The van der Waals surface area contributed by atoms with Crippen LogP contribution in [0.4, 0.5) is 0 Å². The second-order valence-corrected chi connectivity index (χ2v) is 5.20. The van der Waals surface area contributed by atoms with Gasteiger partial charge in [-0.3, -0.25) is 9.89 Å². The minimum Gasteiger partial charge on any atom is -0.339 e. The van der Waals surface area contributed by atoms with Crippen molar-refractivity contribution < 1.29 is 4.79 Å². The minimum atomic E-state index is 0.0752. The SMILES string of the molecule is CCN(CC)C(=O)c1cccc(-c2cccc3[nH]ncc23)c1. The van der Waals surface area contributed by atoms with Gasteiger partial charge in [0.15, 0.2) is 0 Å². The predicted octanol–water partition coefficient (Wildman–Crippen LogP) is 3.71. The first kappa shape index (κ1) is 14.3. The maximum absolute atomic E-state index is 12.5. The Kier molecular flexibility index (Phi) is 3.92. The Morgan fingerprint density at radius 1 is 1.14 bits per heavy atom. The number of carbonyl (C=O) groups excluding carboxylic acids is 1. The van der Waals surface area contributed by atoms with Gasteiger partial charge in [-0.1, -0.05) is 24.3 Å². The zero-order valence-corrected chi connectivity index (χ0v) is 12.8. The van der Waals surface area contributed by atoms with Crippen molar-refractivity contribution in [3.05, 3.63) is 54.2 Å². The molecule has 0 aliphatic rings. The average molecular weight is 293 g/mol. The molecular formula is C18H19N3O. The highest BCUT2D eigenvalue weighted by Crippen LogP contribution is 2.28. The standard InChI is InChI=1S/C18H19N3O/c1-3-21(4-2)18(22)14-8-5-7-13(11-14)15-9-6-10-17-16(15)12-19-20-17/h5-12H,3-4H2,1-2H3,(H,19,20). The summed E-state index contributed by atoms with van der Waals surface area (Å²) in [5.74, 6) is 0.0752. The number of carbonyl (C=O) groups is 1. The Hall–Kier alpha value is -2.62. The second kappa shape index (κ2) is 6.02. The van der Waals surface area contributed by atoms with Gasteiger partial charge in [0.25, 0.3) is 5.91 Å². The van der Waals surface area contributed by atoms with Crippen LogP contribution in [0.3, 0.4) is 0 Å². The van der Waals surface area contributed by atoms with Crippen molar-refractivity contribution >= 4 is 16.8 Å². The van der Waals surface area contributed by atoms with Gasteiger partial charge in [-0.15, -0.1) is 0 Å². The van der Waals surface area contributed by atoms with E-state index >= 15 is 0 Å². The number of nitrogens with zero attached hydrogens (tertiary/aromatic N) is 2. The van der Waals surface area contributed by atoms with Crippen molar-refractivity contribution in [3.8, 4) is 11.1 Å². The summed E-state index contributed by atoms with van der Waals surface area (Å²) >= 11 is 0. The van der Waals surface area contributed by atoms with Crippen LogP contribution in [0.15, 0.2) is 48.7 Å². The van der Waals surface area contributed by atoms with E-state index in [0.29, 0.717) is 0 Å². The molecule has 0 radical (unpaired) electrons. The highest BCUT2D eigenvalue weighted by atomic mass is 16.2. The zero-order chi connectivity index (χ0) is 15.5. The van der Waals surface area contributed by atoms with E-state index in [1.54, 1.807) is 0 Å². The number of aromatic amines is 1. The van der Waals surface area contributed by atoms with Crippen LogP contribution in [0.1, 0.15) is 24.2 Å². The lowest BCUT2D eigenvalue weighted by atomic mass is 9.99. The summed E-state index contributed by atoms with van der Waals surface area (Å²) in [4.78, 5) is 14.3. The van der Waals surface area contributed by atoms with Crippen LogP contribution >= 0.6 is 0 Å². The molecule has 4 nitrogen and oxygen atoms in total. The average Bonchev–Trinajstić information content (AvgIpc) is 3.04. The van der Waals surface area contributed by atoms with E-state index in [9.17, 15) is 4.79 Å². The van der Waals surface area contributed by atoms with Crippen LogP contribution < -0.4 is 0 Å². The van der Waals surface area contributed by atoms with Crippen molar-refractivity contribution in [3.63, 3.8) is 0 Å². The van der Waals surface area contributed by atoms with E-state index in [-0.39, 0.29) is 5.91 Å². The lowest BCUT2D eigenvalue weighted by Crippen LogP contribution is -2.30. The Balaban J connectivity index is 2.05. The molecule has 0 spiro atoms. The number of fused-ring (bicyclic) bond motifs is 1. The summed E-state index contributed by atoms with van der Waals surface area (Å²) in [5.41, 5.74) is 3.84. The van der Waals surface area contributed by atoms with Crippen molar-refractivity contribution in [1.82, 2.24) is 15.1 Å². The largest absolute Gasteiger partial charge is 0.339 e. The summed E-state index contributed by atoms with van der Waals surface area (Å²) in [5, 5.41) is 8.14. The molecule has 0 bridgehead atoms. The third kappa shape index (κ3) is 2.48. The maximum Gasteiger partial charge on any atom is 0.253 e. The summed E-state index contributed by atoms with van der Waals surface area (Å²) in [6.07, 6.45) is 1.82. The fraction of sp³-hybridized carbons (Fsp3) is 0.222. The normalized spacial score (nSPS) is 10.8. The first-order valence-corrected chi connectivity index (χ1v) is 7.56. The molecule has 3 aromatic rings. The molecule has 0 atom stereocenters. The summed E-state index contributed by atoms with van der Waals surface area (Å²) in [6, 6.07) is 13.8. The number of amides is 1. The zero-order valence-electron chi connectivity index (χ0n) is 12.8. The van der Waals surface area contributed by atoms with Crippen LogP contribution in [-0.4, -0.2) is 34.1 Å². The van der Waals surface area contributed by atoms with Gasteiger partial charge >= 0.3 is 0 Å². The maximum atomic E-state index is 12.5. The van der Waals surface area contributed by atoms with Crippen LogP contribution in [0.25, 0.3) is 22.0 Å². The third-order valence-corrected chi connectivity index (χ3v) is 3.96. The molecule has 0 fully saturated rings. The lowest BCUT2D eigenvalue weighted by Gasteiger charge is -2.19. The molecule has 4 heteroatoms. The molecule has 0 unspecified atom stereocenters. The Bertz CT molecular complexity index is 803. The number of H-pyrrole nitrogens is 1. The first-order valence-electron chi connectivity index (χ1n) is 7.56. The molecule has 1 aromatic heterocycles. The summed E-state index contributed by atoms with van der Waals surface area (Å²) in [7, 11) is 0. The fourth-order valence-electron chi connectivity index (χ4n) is 2.73. The number of benzene rings is 2. The molecule has 22 heavy (non-hydrogen) atoms. The second-order valence-electron chi connectivity index (χ2n) is 5.20. The van der Waals surface area contributed by atoms with E-state index in [1.807, 2.05) is 61.3 Å².